The second kappa shape index (κ2) is 7.79. The highest BCUT2D eigenvalue weighted by Crippen LogP contribution is 2.26. The van der Waals surface area contributed by atoms with Crippen LogP contribution in [0.2, 0.25) is 0 Å². The number of fused-ring (bicyclic) bond motifs is 1. The molecule has 0 saturated heterocycles. The Morgan fingerprint density at radius 3 is 2.34 bits per heavy atom. The Labute approximate surface area is 170 Å². The lowest BCUT2D eigenvalue weighted by atomic mass is 10.1. The molecule has 0 fully saturated rings. The summed E-state index contributed by atoms with van der Waals surface area (Å²) in [5, 5.41) is 3.55. The smallest absolute Gasteiger partial charge is 0.243 e. The molecule has 0 radical (unpaired) electrons. The zero-order valence-corrected chi connectivity index (χ0v) is 18.0. The predicted molar refractivity (Wildman–Crippen MR) is 115 cm³/mol. The molecule has 1 N–H and O–H groups in total. The largest absolute Gasteiger partial charge is 0.350 e. The third kappa shape index (κ3) is 4.54. The molecule has 0 aliphatic rings. The van der Waals surface area contributed by atoms with Crippen molar-refractivity contribution >= 4 is 38.2 Å². The molecule has 1 amide bonds. The van der Waals surface area contributed by atoms with E-state index in [1.54, 1.807) is 24.1 Å². The normalized spacial score (nSPS) is 11.5. The third-order valence-corrected chi connectivity index (χ3v) is 5.81. The Hall–Kier alpha value is -3.00. The number of rotatable bonds is 5. The minimum atomic E-state index is -3.37. The number of hydrogen-bond acceptors (Lipinski definition) is 6. The first-order valence-electron chi connectivity index (χ1n) is 9.10. The van der Waals surface area contributed by atoms with Gasteiger partial charge in [-0.25, -0.2) is 18.4 Å². The van der Waals surface area contributed by atoms with Gasteiger partial charge < -0.3 is 10.2 Å². The maximum atomic E-state index is 12.7. The second-order valence-electron chi connectivity index (χ2n) is 7.33. The van der Waals surface area contributed by atoms with Gasteiger partial charge in [0.15, 0.2) is 9.84 Å². The average Bonchev–Trinajstić information content (AvgIpc) is 2.62. The molecule has 0 atom stereocenters. The Bertz CT molecular complexity index is 1180. The molecule has 0 bridgehead atoms. The van der Waals surface area contributed by atoms with Crippen LogP contribution in [0.1, 0.15) is 16.7 Å². The van der Waals surface area contributed by atoms with Crippen LogP contribution < -0.4 is 10.2 Å². The van der Waals surface area contributed by atoms with E-state index in [0.717, 1.165) is 28.6 Å². The van der Waals surface area contributed by atoms with Crippen LogP contribution in [0.4, 0.5) is 11.5 Å². The summed E-state index contributed by atoms with van der Waals surface area (Å²) >= 11 is 0. The van der Waals surface area contributed by atoms with Gasteiger partial charge >= 0.3 is 0 Å². The summed E-state index contributed by atoms with van der Waals surface area (Å²) < 4.78 is 23.8. The molecule has 29 heavy (non-hydrogen) atoms. The lowest BCUT2D eigenvalue weighted by Gasteiger charge is -2.20. The van der Waals surface area contributed by atoms with Gasteiger partial charge in [-0.2, -0.15) is 0 Å². The lowest BCUT2D eigenvalue weighted by molar-refractivity contribution is -0.114. The van der Waals surface area contributed by atoms with Crippen molar-refractivity contribution < 1.29 is 13.2 Å². The van der Waals surface area contributed by atoms with Crippen LogP contribution >= 0.6 is 0 Å². The molecule has 0 spiro atoms. The number of sulfone groups is 1. The van der Waals surface area contributed by atoms with Crippen LogP contribution in [0.15, 0.2) is 41.6 Å². The van der Waals surface area contributed by atoms with Crippen LogP contribution in [0, 0.1) is 20.8 Å². The van der Waals surface area contributed by atoms with E-state index in [0.29, 0.717) is 16.7 Å². The zero-order chi connectivity index (χ0) is 21.3. The minimum absolute atomic E-state index is 0.0575. The Morgan fingerprint density at radius 2 is 1.72 bits per heavy atom. The van der Waals surface area contributed by atoms with Crippen molar-refractivity contribution in [3.05, 3.63) is 53.3 Å². The molecule has 2 aromatic carbocycles. The molecule has 0 aliphatic carbocycles. The van der Waals surface area contributed by atoms with E-state index in [9.17, 15) is 13.2 Å². The van der Waals surface area contributed by atoms with Gasteiger partial charge in [-0.05, 0) is 50.1 Å². The summed E-state index contributed by atoms with van der Waals surface area (Å²) in [6.45, 7) is 6.00. The summed E-state index contributed by atoms with van der Waals surface area (Å²) in [5.74, 6) is 0.307. The van der Waals surface area contributed by atoms with Gasteiger partial charge in [0.05, 0.1) is 17.0 Å². The molecule has 0 aliphatic heterocycles. The Balaban J connectivity index is 1.88. The highest BCUT2D eigenvalue weighted by atomic mass is 32.2. The number of nitrogens with zero attached hydrogens (tertiary/aromatic N) is 3. The van der Waals surface area contributed by atoms with Crippen LogP contribution in [-0.4, -0.2) is 44.1 Å². The minimum Gasteiger partial charge on any atom is -0.350 e. The van der Waals surface area contributed by atoms with Crippen LogP contribution in [0.5, 0.6) is 0 Å². The number of amides is 1. The summed E-state index contributed by atoms with van der Waals surface area (Å²) in [7, 11) is -1.63. The highest BCUT2D eigenvalue weighted by molar-refractivity contribution is 7.90. The van der Waals surface area contributed by atoms with E-state index in [-0.39, 0.29) is 17.3 Å². The molecule has 152 valence electrons. The molecule has 1 heterocycles. The van der Waals surface area contributed by atoms with E-state index in [4.69, 9.17) is 0 Å². The predicted octanol–water partition coefficient (Wildman–Crippen LogP) is 3.03. The number of aryl methyl sites for hydroxylation is 3. The van der Waals surface area contributed by atoms with E-state index < -0.39 is 9.84 Å². The summed E-state index contributed by atoms with van der Waals surface area (Å²) in [5.41, 5.74) is 4.57. The molecular formula is C21H24N4O3S. The van der Waals surface area contributed by atoms with Gasteiger partial charge in [-0.1, -0.05) is 17.7 Å². The van der Waals surface area contributed by atoms with Crippen molar-refractivity contribution in [3.8, 4) is 0 Å². The Kier molecular flexibility index (Phi) is 5.57. The number of aromatic nitrogens is 2. The van der Waals surface area contributed by atoms with Gasteiger partial charge in [0.2, 0.25) is 5.91 Å². The van der Waals surface area contributed by atoms with Crippen LogP contribution in [-0.2, 0) is 14.6 Å². The van der Waals surface area contributed by atoms with E-state index >= 15 is 0 Å². The molecule has 3 aromatic rings. The average molecular weight is 413 g/mol. The maximum absolute atomic E-state index is 12.7. The van der Waals surface area contributed by atoms with E-state index in [1.165, 1.54) is 12.4 Å². The molecule has 7 nitrogen and oxygen atoms in total. The lowest BCUT2D eigenvalue weighted by Crippen LogP contribution is -2.31. The molecular weight excluding hydrogens is 388 g/mol. The molecule has 8 heteroatoms. The number of benzene rings is 2. The fraction of sp³-hybridized carbons (Fsp3) is 0.286. The molecule has 1 aromatic heterocycles. The standard InChI is InChI=1S/C21H24N4O3S/c1-13-8-14(2)20(15(3)9-13)24-19(26)11-25(4)21-17-10-16(29(5,27)28)6-7-18(17)22-12-23-21/h6-10,12H,11H2,1-5H3,(H,24,26). The summed E-state index contributed by atoms with van der Waals surface area (Å²) in [6, 6.07) is 8.75. The molecule has 0 saturated carbocycles. The summed E-state index contributed by atoms with van der Waals surface area (Å²) in [4.78, 5) is 23.0. The monoisotopic (exact) mass is 412 g/mol. The number of anilines is 2. The first kappa shape index (κ1) is 20.7. The van der Waals surface area contributed by atoms with Gasteiger partial charge in [-0.15, -0.1) is 0 Å². The first-order chi connectivity index (χ1) is 13.6. The number of carbonyl (C=O) groups is 1. The number of carbonyl (C=O) groups excluding carboxylic acids is 1. The van der Waals surface area contributed by atoms with Gasteiger partial charge in [0, 0.05) is 24.4 Å². The second-order valence-corrected chi connectivity index (χ2v) is 9.34. The quantitative estimate of drug-likeness (QED) is 0.692. The highest BCUT2D eigenvalue weighted by Gasteiger charge is 2.16. The van der Waals surface area contributed by atoms with Gasteiger partial charge in [0.1, 0.15) is 12.1 Å². The summed E-state index contributed by atoms with van der Waals surface area (Å²) in [6.07, 6.45) is 2.56. The Morgan fingerprint density at radius 1 is 1.07 bits per heavy atom. The van der Waals surface area contributed by atoms with Crippen LogP contribution in [0.3, 0.4) is 0 Å². The topological polar surface area (TPSA) is 92.3 Å². The van der Waals surface area contributed by atoms with Crippen molar-refractivity contribution in [3.63, 3.8) is 0 Å². The third-order valence-electron chi connectivity index (χ3n) is 4.70. The SMILES string of the molecule is Cc1cc(C)c(NC(=O)CN(C)c2ncnc3ccc(S(C)(=O)=O)cc23)c(C)c1. The maximum Gasteiger partial charge on any atom is 0.243 e. The van der Waals surface area contributed by atoms with Gasteiger partial charge in [-0.3, -0.25) is 4.79 Å². The van der Waals surface area contributed by atoms with Gasteiger partial charge in [0.25, 0.3) is 0 Å². The van der Waals surface area contributed by atoms with Crippen molar-refractivity contribution in [2.24, 2.45) is 0 Å². The van der Waals surface area contributed by atoms with E-state index in [2.05, 4.69) is 15.3 Å². The fourth-order valence-corrected chi connectivity index (χ4v) is 4.05. The zero-order valence-electron chi connectivity index (χ0n) is 17.1. The van der Waals surface area contributed by atoms with Crippen molar-refractivity contribution in [2.45, 2.75) is 25.7 Å². The number of likely N-dealkylation sites (N-methyl/N-ethyl adjacent to an activating group) is 1. The first-order valence-corrected chi connectivity index (χ1v) is 11.0. The van der Waals surface area contributed by atoms with Crippen molar-refractivity contribution in [2.75, 3.05) is 30.1 Å². The number of nitrogens with one attached hydrogen (secondary N) is 1. The van der Waals surface area contributed by atoms with Crippen molar-refractivity contribution in [1.82, 2.24) is 9.97 Å². The fourth-order valence-electron chi connectivity index (χ4n) is 3.40. The molecule has 0 unspecified atom stereocenters. The van der Waals surface area contributed by atoms with Crippen molar-refractivity contribution in [1.29, 1.82) is 0 Å². The molecule has 3 rings (SSSR count). The van der Waals surface area contributed by atoms with Crippen LogP contribution in [0.25, 0.3) is 10.9 Å². The van der Waals surface area contributed by atoms with E-state index in [1.807, 2.05) is 32.9 Å². The number of hydrogen-bond donors (Lipinski definition) is 1.